The number of carbonyl (C=O) groups is 2. The van der Waals surface area contributed by atoms with Crippen molar-refractivity contribution in [2.24, 2.45) is 0 Å². The van der Waals surface area contributed by atoms with Crippen LogP contribution < -0.4 is 11.1 Å². The highest BCUT2D eigenvalue weighted by Gasteiger charge is 2.55. The van der Waals surface area contributed by atoms with Crippen LogP contribution in [-0.2, 0) is 0 Å². The van der Waals surface area contributed by atoms with Crippen LogP contribution in [0.1, 0.15) is 26.3 Å². The van der Waals surface area contributed by atoms with Gasteiger partial charge in [0, 0.05) is 12.1 Å². The van der Waals surface area contributed by atoms with Crippen LogP contribution in [0.15, 0.2) is 48.7 Å². The second-order valence-corrected chi connectivity index (χ2v) is 8.41. The van der Waals surface area contributed by atoms with E-state index in [1.807, 2.05) is 5.32 Å². The first-order valence-electron chi connectivity index (χ1n) is 11.1. The first kappa shape index (κ1) is 28.5. The van der Waals surface area contributed by atoms with E-state index in [-0.39, 0.29) is 28.2 Å². The maximum atomic E-state index is 14.0. The van der Waals surface area contributed by atoms with Crippen LogP contribution in [-0.4, -0.2) is 74.7 Å². The van der Waals surface area contributed by atoms with Gasteiger partial charge in [0.2, 0.25) is 0 Å². The Morgan fingerprint density at radius 2 is 1.76 bits per heavy atom. The third-order valence-electron chi connectivity index (χ3n) is 5.80. The average Bonchev–Trinajstić information content (AvgIpc) is 3.24. The molecular formula is C24H24F5N5O4. The number of carbonyl (C=O) groups excluding carboxylic acids is 2. The number of nitrogen functional groups attached to an aromatic ring is 1. The minimum Gasteiger partial charge on any atom is -0.395 e. The molecule has 0 aliphatic carbocycles. The summed E-state index contributed by atoms with van der Waals surface area (Å²) in [6.07, 6.45) is -4.36. The van der Waals surface area contributed by atoms with Gasteiger partial charge in [0.05, 0.1) is 31.6 Å². The molecule has 0 aliphatic rings. The fourth-order valence-corrected chi connectivity index (χ4v) is 3.59. The first-order chi connectivity index (χ1) is 17.8. The first-order valence-corrected chi connectivity index (χ1v) is 11.1. The summed E-state index contributed by atoms with van der Waals surface area (Å²) in [6.45, 7) is -2.88. The molecule has 1 unspecified atom stereocenters. The van der Waals surface area contributed by atoms with Gasteiger partial charge in [-0.15, -0.1) is 0 Å². The maximum absolute atomic E-state index is 14.0. The highest BCUT2D eigenvalue weighted by Crippen LogP contribution is 2.32. The zero-order valence-electron chi connectivity index (χ0n) is 20.0. The van der Waals surface area contributed by atoms with Crippen LogP contribution in [0.4, 0.5) is 27.8 Å². The zero-order chi connectivity index (χ0) is 28.3. The average molecular weight is 541 g/mol. The molecule has 3 aromatic rings. The fourth-order valence-electron chi connectivity index (χ4n) is 3.59. The van der Waals surface area contributed by atoms with Gasteiger partial charge in [0.25, 0.3) is 11.8 Å². The molecule has 2 amide bonds. The van der Waals surface area contributed by atoms with E-state index in [1.54, 1.807) is 0 Å². The summed E-state index contributed by atoms with van der Waals surface area (Å²) in [6, 6.07) is 8.31. The minimum absolute atomic E-state index is 0.127. The van der Waals surface area contributed by atoms with Crippen molar-refractivity contribution >= 4 is 17.6 Å². The molecule has 0 fully saturated rings. The molecule has 0 radical (unpaired) electrons. The van der Waals surface area contributed by atoms with Crippen LogP contribution >= 0.6 is 0 Å². The third kappa shape index (κ3) is 5.92. The lowest BCUT2D eigenvalue weighted by molar-refractivity contribution is -0.260. The number of nitrogens with two attached hydrogens (primary N) is 1. The van der Waals surface area contributed by atoms with Gasteiger partial charge in [0.15, 0.2) is 5.60 Å². The Bertz CT molecular complexity index is 1310. The molecule has 2 aromatic carbocycles. The Hall–Kier alpha value is -4.04. The highest BCUT2D eigenvalue weighted by atomic mass is 19.4. The largest absolute Gasteiger partial charge is 0.420 e. The molecule has 1 heterocycles. The SMILES string of the molecule is Cc1c(F)cccc1C(=O)N(CCO)CC(O)(CNC(=O)c1cnn(-c2ccc(F)cc2)c1N)C(F)(F)F. The van der Waals surface area contributed by atoms with E-state index in [9.17, 15) is 41.8 Å². The maximum Gasteiger partial charge on any atom is 0.420 e. The quantitative estimate of drug-likeness (QED) is 0.307. The molecule has 0 saturated carbocycles. The molecule has 1 atom stereocenters. The number of aliphatic hydroxyl groups excluding tert-OH is 1. The number of aromatic nitrogens is 2. The number of halogens is 5. The van der Waals surface area contributed by atoms with Gasteiger partial charge in [-0.25, -0.2) is 13.5 Å². The topological polar surface area (TPSA) is 134 Å². The number of alkyl halides is 3. The van der Waals surface area contributed by atoms with Gasteiger partial charge >= 0.3 is 6.18 Å². The Kier molecular flexibility index (Phi) is 8.37. The van der Waals surface area contributed by atoms with Crippen molar-refractivity contribution in [1.82, 2.24) is 20.0 Å². The number of nitrogens with one attached hydrogen (secondary N) is 1. The second-order valence-electron chi connectivity index (χ2n) is 8.41. The number of benzene rings is 2. The Morgan fingerprint density at radius 3 is 2.37 bits per heavy atom. The summed E-state index contributed by atoms with van der Waals surface area (Å²) in [5.41, 5.74) is 1.82. The molecule has 1 aromatic heterocycles. The molecule has 0 bridgehead atoms. The molecule has 0 aliphatic heterocycles. The fraction of sp³-hybridized carbons (Fsp3) is 0.292. The molecule has 38 heavy (non-hydrogen) atoms. The summed E-state index contributed by atoms with van der Waals surface area (Å²) in [5, 5.41) is 25.7. The summed E-state index contributed by atoms with van der Waals surface area (Å²) in [5.74, 6) is -3.74. The lowest BCUT2D eigenvalue weighted by Gasteiger charge is -2.35. The number of hydrogen-bond acceptors (Lipinski definition) is 6. The smallest absolute Gasteiger partial charge is 0.395 e. The van der Waals surface area contributed by atoms with Gasteiger partial charge in [-0.05, 0) is 48.9 Å². The van der Waals surface area contributed by atoms with Gasteiger partial charge in [0.1, 0.15) is 23.0 Å². The number of aliphatic hydroxyl groups is 2. The van der Waals surface area contributed by atoms with Gasteiger partial charge in [-0.2, -0.15) is 18.3 Å². The second kappa shape index (κ2) is 11.1. The monoisotopic (exact) mass is 541 g/mol. The molecule has 14 heteroatoms. The zero-order valence-corrected chi connectivity index (χ0v) is 20.0. The summed E-state index contributed by atoms with van der Waals surface area (Å²) >= 11 is 0. The van der Waals surface area contributed by atoms with Gasteiger partial charge in [-0.1, -0.05) is 6.07 Å². The van der Waals surface area contributed by atoms with E-state index in [1.165, 1.54) is 31.2 Å². The highest BCUT2D eigenvalue weighted by molar-refractivity contribution is 5.98. The lowest BCUT2D eigenvalue weighted by atomic mass is 10.0. The van der Waals surface area contributed by atoms with E-state index < -0.39 is 61.5 Å². The lowest BCUT2D eigenvalue weighted by Crippen LogP contribution is -2.60. The van der Waals surface area contributed by atoms with Crippen molar-refractivity contribution < 1.29 is 41.8 Å². The van der Waals surface area contributed by atoms with Crippen LogP contribution in [0, 0.1) is 18.6 Å². The molecule has 3 rings (SSSR count). The number of anilines is 1. The van der Waals surface area contributed by atoms with Crippen molar-refractivity contribution in [1.29, 1.82) is 0 Å². The van der Waals surface area contributed by atoms with Crippen molar-refractivity contribution in [3.63, 3.8) is 0 Å². The van der Waals surface area contributed by atoms with E-state index in [4.69, 9.17) is 5.73 Å². The van der Waals surface area contributed by atoms with Crippen molar-refractivity contribution in [2.75, 3.05) is 32.0 Å². The van der Waals surface area contributed by atoms with Gasteiger partial charge < -0.3 is 26.2 Å². The minimum atomic E-state index is -5.34. The van der Waals surface area contributed by atoms with Gasteiger partial charge in [-0.3, -0.25) is 9.59 Å². The predicted molar refractivity (Wildman–Crippen MR) is 125 cm³/mol. The summed E-state index contributed by atoms with van der Waals surface area (Å²) < 4.78 is 70.1. The van der Waals surface area contributed by atoms with E-state index in [0.29, 0.717) is 4.90 Å². The number of hydrogen-bond donors (Lipinski definition) is 4. The van der Waals surface area contributed by atoms with Crippen molar-refractivity contribution in [2.45, 2.75) is 18.7 Å². The predicted octanol–water partition coefficient (Wildman–Crippen LogP) is 2.20. The number of rotatable bonds is 9. The Morgan fingerprint density at radius 1 is 1.11 bits per heavy atom. The molecule has 204 valence electrons. The normalized spacial score (nSPS) is 13.2. The number of nitrogens with zero attached hydrogens (tertiary/aromatic N) is 3. The number of amides is 2. The standard InChI is InChI=1S/C24H24F5N5O4/c1-14-17(3-2-4-19(14)26)22(37)33(9-10-35)13-23(38,24(27,28)29)12-31-21(36)18-11-32-34(20(18)30)16-7-5-15(25)6-8-16/h2-8,11,35,38H,9-10,12-13,30H2,1H3,(H,31,36). The van der Waals surface area contributed by atoms with Crippen LogP contribution in [0.3, 0.4) is 0 Å². The van der Waals surface area contributed by atoms with E-state index in [0.717, 1.165) is 29.1 Å². The molecule has 9 nitrogen and oxygen atoms in total. The van der Waals surface area contributed by atoms with Crippen molar-refractivity contribution in [3.8, 4) is 5.69 Å². The van der Waals surface area contributed by atoms with Crippen LogP contribution in [0.5, 0.6) is 0 Å². The van der Waals surface area contributed by atoms with E-state index in [2.05, 4.69) is 5.10 Å². The molecule has 5 N–H and O–H groups in total. The Balaban J connectivity index is 1.82. The third-order valence-corrected chi connectivity index (χ3v) is 5.80. The summed E-state index contributed by atoms with van der Waals surface area (Å²) in [4.78, 5) is 26.1. The molecule has 0 saturated heterocycles. The molecular weight excluding hydrogens is 517 g/mol. The van der Waals surface area contributed by atoms with Crippen LogP contribution in [0.2, 0.25) is 0 Å². The Labute approximate surface area is 213 Å². The molecule has 0 spiro atoms. The van der Waals surface area contributed by atoms with Crippen molar-refractivity contribution in [3.05, 3.63) is 77.0 Å². The summed E-state index contributed by atoms with van der Waals surface area (Å²) in [7, 11) is 0. The van der Waals surface area contributed by atoms with Crippen LogP contribution in [0.25, 0.3) is 5.69 Å². The van der Waals surface area contributed by atoms with E-state index >= 15 is 0 Å².